The van der Waals surface area contributed by atoms with Crippen LogP contribution >= 0.6 is 11.8 Å². The van der Waals surface area contributed by atoms with Crippen LogP contribution in [0.2, 0.25) is 0 Å². The van der Waals surface area contributed by atoms with E-state index in [2.05, 4.69) is 15.5 Å². The molecule has 148 valence electrons. The van der Waals surface area contributed by atoms with E-state index in [0.717, 1.165) is 29.7 Å². The molecule has 0 aliphatic carbocycles. The van der Waals surface area contributed by atoms with Gasteiger partial charge >= 0.3 is 6.18 Å². The lowest BCUT2D eigenvalue weighted by Crippen LogP contribution is -2.05. The molecule has 0 bridgehead atoms. The molecule has 1 aromatic heterocycles. The van der Waals surface area contributed by atoms with Crippen LogP contribution in [-0.2, 0) is 6.18 Å². The van der Waals surface area contributed by atoms with Gasteiger partial charge in [0.15, 0.2) is 0 Å². The summed E-state index contributed by atoms with van der Waals surface area (Å²) >= 11 is 1.08. The smallest absolute Gasteiger partial charge is 0.279 e. The number of alkyl halides is 3. The zero-order chi connectivity index (χ0) is 20.9. The number of nitrogens with one attached hydrogen (secondary N) is 1. The maximum absolute atomic E-state index is 12.7. The van der Waals surface area contributed by atoms with Gasteiger partial charge in [-0.3, -0.25) is 15.5 Å². The summed E-state index contributed by atoms with van der Waals surface area (Å²) in [5.41, 5.74) is 2.98. The molecular weight excluding hydrogens is 405 g/mol. The lowest BCUT2D eigenvalue weighted by atomic mass is 10.2. The average Bonchev–Trinajstić information content (AvgIpc) is 2.69. The minimum absolute atomic E-state index is 0.129. The van der Waals surface area contributed by atoms with Crippen LogP contribution in [0, 0.1) is 10.1 Å². The highest BCUT2D eigenvalue weighted by Gasteiger charge is 2.30. The summed E-state index contributed by atoms with van der Waals surface area (Å²) in [6.07, 6.45) is -2.31. The highest BCUT2D eigenvalue weighted by molar-refractivity contribution is 7.99. The maximum Gasteiger partial charge on any atom is 0.417 e. The van der Waals surface area contributed by atoms with Crippen LogP contribution in [0.3, 0.4) is 0 Å². The molecule has 0 amide bonds. The van der Waals surface area contributed by atoms with Crippen LogP contribution in [0.25, 0.3) is 0 Å². The number of hydrogen-bond acceptors (Lipinski definition) is 6. The fourth-order valence-electron chi connectivity index (χ4n) is 2.25. The van der Waals surface area contributed by atoms with Crippen molar-refractivity contribution >= 4 is 29.4 Å². The molecule has 0 saturated heterocycles. The number of nitro groups is 1. The van der Waals surface area contributed by atoms with Gasteiger partial charge in [-0.25, -0.2) is 4.98 Å². The number of pyridine rings is 1. The molecule has 1 N–H and O–H groups in total. The second-order valence-electron chi connectivity index (χ2n) is 5.70. The second-order valence-corrected chi connectivity index (χ2v) is 6.76. The Balaban J connectivity index is 1.84. The molecule has 0 aliphatic rings. The Labute approximate surface area is 167 Å². The minimum Gasteiger partial charge on any atom is -0.279 e. The van der Waals surface area contributed by atoms with E-state index in [9.17, 15) is 23.3 Å². The lowest BCUT2D eigenvalue weighted by molar-refractivity contribution is -0.384. The van der Waals surface area contributed by atoms with Crippen molar-refractivity contribution in [1.29, 1.82) is 0 Å². The number of nitro benzene ring substituents is 1. The van der Waals surface area contributed by atoms with E-state index in [1.165, 1.54) is 30.5 Å². The largest absolute Gasteiger partial charge is 0.417 e. The first-order valence-corrected chi connectivity index (χ1v) is 8.98. The quantitative estimate of drug-likeness (QED) is 0.320. The van der Waals surface area contributed by atoms with Gasteiger partial charge in [0.25, 0.3) is 5.69 Å². The van der Waals surface area contributed by atoms with Crippen molar-refractivity contribution in [2.75, 3.05) is 5.43 Å². The number of anilines is 1. The number of rotatable bonds is 6. The molecule has 0 saturated carbocycles. The van der Waals surface area contributed by atoms with Crippen LogP contribution in [0.15, 0.2) is 81.9 Å². The van der Waals surface area contributed by atoms with Gasteiger partial charge in [0, 0.05) is 28.8 Å². The molecule has 0 radical (unpaired) electrons. The number of hydrogen-bond donors (Lipinski definition) is 1. The van der Waals surface area contributed by atoms with Crippen molar-refractivity contribution in [3.63, 3.8) is 0 Å². The number of para-hydroxylation sites is 1. The van der Waals surface area contributed by atoms with E-state index >= 15 is 0 Å². The number of nitrogens with zero attached hydrogens (tertiary/aromatic N) is 3. The molecule has 0 spiro atoms. The average molecular weight is 418 g/mol. The van der Waals surface area contributed by atoms with Crippen molar-refractivity contribution < 1.29 is 18.1 Å². The first-order chi connectivity index (χ1) is 13.8. The molecule has 0 atom stereocenters. The van der Waals surface area contributed by atoms with Crippen molar-refractivity contribution in [2.24, 2.45) is 5.10 Å². The van der Waals surface area contributed by atoms with Crippen molar-refractivity contribution in [2.45, 2.75) is 16.1 Å². The van der Waals surface area contributed by atoms with E-state index in [-0.39, 0.29) is 5.69 Å². The Morgan fingerprint density at radius 3 is 2.48 bits per heavy atom. The summed E-state index contributed by atoms with van der Waals surface area (Å²) in [7, 11) is 0. The van der Waals surface area contributed by atoms with Crippen LogP contribution in [0.1, 0.15) is 11.1 Å². The zero-order valence-corrected chi connectivity index (χ0v) is 15.4. The number of halogens is 3. The van der Waals surface area contributed by atoms with Crippen molar-refractivity contribution in [3.05, 3.63) is 88.1 Å². The topological polar surface area (TPSA) is 80.4 Å². The van der Waals surface area contributed by atoms with Crippen molar-refractivity contribution in [3.8, 4) is 0 Å². The molecule has 29 heavy (non-hydrogen) atoms. The first kappa shape index (κ1) is 20.3. The van der Waals surface area contributed by atoms with E-state index in [0.29, 0.717) is 15.5 Å². The first-order valence-electron chi connectivity index (χ1n) is 8.16. The maximum atomic E-state index is 12.7. The Kier molecular flexibility index (Phi) is 6.13. The Hall–Kier alpha value is -3.40. The third-order valence-electron chi connectivity index (χ3n) is 3.65. The van der Waals surface area contributed by atoms with Crippen molar-refractivity contribution in [1.82, 2.24) is 4.98 Å². The standard InChI is InChI=1S/C19H13F3N4O2S/c20-19(21,22)14-6-9-18(23-12-14)29-17-8-7-16(26(27)28)10-13(17)11-24-25-15-4-2-1-3-5-15/h1-12,25H. The predicted octanol–water partition coefficient (Wildman–Crippen LogP) is 5.61. The summed E-state index contributed by atoms with van der Waals surface area (Å²) in [6.45, 7) is 0. The molecule has 10 heteroatoms. The highest BCUT2D eigenvalue weighted by atomic mass is 32.2. The zero-order valence-electron chi connectivity index (χ0n) is 14.6. The molecule has 2 aromatic carbocycles. The van der Waals surface area contributed by atoms with E-state index < -0.39 is 16.7 Å². The van der Waals surface area contributed by atoms with Gasteiger partial charge in [-0.05, 0) is 30.3 Å². The molecule has 0 aliphatic heterocycles. The summed E-state index contributed by atoms with van der Waals surface area (Å²) in [5, 5.41) is 15.5. The van der Waals surface area contributed by atoms with Crippen LogP contribution in [0.4, 0.5) is 24.5 Å². The van der Waals surface area contributed by atoms with Gasteiger partial charge in [0.05, 0.1) is 22.4 Å². The van der Waals surface area contributed by atoms with Gasteiger partial charge in [0.1, 0.15) is 5.03 Å². The normalized spacial score (nSPS) is 11.6. The fourth-order valence-corrected chi connectivity index (χ4v) is 3.09. The Morgan fingerprint density at radius 1 is 1.10 bits per heavy atom. The predicted molar refractivity (Wildman–Crippen MR) is 104 cm³/mol. The monoisotopic (exact) mass is 418 g/mol. The summed E-state index contributed by atoms with van der Waals surface area (Å²) in [6, 6.07) is 15.4. The third-order valence-corrected chi connectivity index (χ3v) is 4.70. The van der Waals surface area contributed by atoms with Gasteiger partial charge < -0.3 is 0 Å². The van der Waals surface area contributed by atoms with E-state index in [1.54, 1.807) is 12.1 Å². The lowest BCUT2D eigenvalue weighted by Gasteiger charge is -2.08. The highest BCUT2D eigenvalue weighted by Crippen LogP contribution is 2.33. The molecule has 6 nitrogen and oxygen atoms in total. The number of benzene rings is 2. The van der Waals surface area contributed by atoms with Gasteiger partial charge in [0.2, 0.25) is 0 Å². The molecule has 3 aromatic rings. The third kappa shape index (κ3) is 5.55. The second kappa shape index (κ2) is 8.74. The van der Waals surface area contributed by atoms with E-state index in [1.807, 2.05) is 18.2 Å². The van der Waals surface area contributed by atoms with E-state index in [4.69, 9.17) is 0 Å². The molecule has 0 fully saturated rings. The Bertz CT molecular complexity index is 1030. The summed E-state index contributed by atoms with van der Waals surface area (Å²) in [4.78, 5) is 14.9. The molecule has 3 rings (SSSR count). The van der Waals surface area contributed by atoms with Crippen LogP contribution in [0.5, 0.6) is 0 Å². The number of aromatic nitrogens is 1. The molecule has 1 heterocycles. The summed E-state index contributed by atoms with van der Waals surface area (Å²) < 4.78 is 38.0. The Morgan fingerprint density at radius 2 is 1.86 bits per heavy atom. The number of hydrazone groups is 1. The van der Waals surface area contributed by atoms with Gasteiger partial charge in [-0.15, -0.1) is 0 Å². The SMILES string of the molecule is O=[N+]([O-])c1ccc(Sc2ccc(C(F)(F)F)cn2)c(C=NNc2ccccc2)c1. The van der Waals surface area contributed by atoms with Gasteiger partial charge in [-0.1, -0.05) is 30.0 Å². The van der Waals surface area contributed by atoms with Crippen LogP contribution < -0.4 is 5.43 Å². The van der Waals surface area contributed by atoms with Crippen LogP contribution in [-0.4, -0.2) is 16.1 Å². The molecule has 0 unspecified atom stereocenters. The molecular formula is C19H13F3N4O2S. The fraction of sp³-hybridized carbons (Fsp3) is 0.0526. The minimum atomic E-state index is -4.47. The summed E-state index contributed by atoms with van der Waals surface area (Å²) in [5.74, 6) is 0. The van der Waals surface area contributed by atoms with Gasteiger partial charge in [-0.2, -0.15) is 18.3 Å². The number of non-ortho nitro benzene ring substituents is 1.